The summed E-state index contributed by atoms with van der Waals surface area (Å²) in [4.78, 5) is 58.3. The predicted octanol–water partition coefficient (Wildman–Crippen LogP) is 3.19. The molecule has 0 aliphatic rings. The van der Waals surface area contributed by atoms with Crippen molar-refractivity contribution in [3.05, 3.63) is 57.5 Å². The van der Waals surface area contributed by atoms with Crippen LogP contribution in [0.1, 0.15) is 74.4 Å². The minimum Gasteiger partial charge on any atom is -0.481 e. The normalized spacial score (nSPS) is 13.3. The number of carbonyl (C=O) groups excluding carboxylic acids is 2. The lowest BCUT2D eigenvalue weighted by Crippen LogP contribution is -2.37. The first-order chi connectivity index (χ1) is 22.1. The molecule has 0 fully saturated rings. The zero-order chi connectivity index (χ0) is 33.5. The number of carbonyl (C=O) groups is 3. The number of amides is 1. The van der Waals surface area contributed by atoms with Crippen LogP contribution < -0.4 is 21.9 Å². The largest absolute Gasteiger partial charge is 0.481 e. The highest BCUT2D eigenvalue weighted by atomic mass is 16.6. The molecule has 13 heteroatoms. The van der Waals surface area contributed by atoms with Crippen molar-refractivity contribution in [2.75, 3.05) is 38.6 Å². The first-order valence-electron chi connectivity index (χ1n) is 16.0. The molecular weight excluding hydrogens is 592 g/mol. The van der Waals surface area contributed by atoms with Gasteiger partial charge in [-0.05, 0) is 60.9 Å². The summed E-state index contributed by atoms with van der Waals surface area (Å²) in [6.45, 7) is 9.26. The zero-order valence-electron chi connectivity index (χ0n) is 27.0. The number of hydrogen-bond acceptors (Lipinski definition) is 9. The van der Waals surface area contributed by atoms with E-state index in [0.717, 1.165) is 24.2 Å². The molecule has 0 bridgehead atoms. The topological polar surface area (TPSA) is 202 Å². The molecule has 0 aliphatic heterocycles. The number of nitrogens with one attached hydrogen (secondary N) is 4. The van der Waals surface area contributed by atoms with Gasteiger partial charge < -0.3 is 35.9 Å². The first kappa shape index (κ1) is 36.2. The van der Waals surface area contributed by atoms with E-state index in [1.165, 1.54) is 12.8 Å². The van der Waals surface area contributed by atoms with Gasteiger partial charge in [-0.1, -0.05) is 45.7 Å². The molecule has 0 saturated carbocycles. The van der Waals surface area contributed by atoms with Gasteiger partial charge in [0.2, 0.25) is 5.95 Å². The van der Waals surface area contributed by atoms with Crippen molar-refractivity contribution in [3.8, 4) is 0 Å². The second-order valence-electron chi connectivity index (χ2n) is 11.8. The average Bonchev–Trinajstić information content (AvgIpc) is 3.43. The van der Waals surface area contributed by atoms with E-state index < -0.39 is 23.9 Å². The number of fused-ring (bicyclic) bond motifs is 1. The van der Waals surface area contributed by atoms with Gasteiger partial charge in [0.1, 0.15) is 12.3 Å². The number of rotatable bonds is 21. The van der Waals surface area contributed by atoms with Gasteiger partial charge in [-0.15, -0.1) is 0 Å². The Hall–Kier alpha value is -4.23. The molecule has 3 aromatic rings. The quantitative estimate of drug-likeness (QED) is 0.0742. The van der Waals surface area contributed by atoms with Gasteiger partial charge in [-0.25, -0.2) is 0 Å². The molecule has 0 aliphatic carbocycles. The highest BCUT2D eigenvalue weighted by Crippen LogP contribution is 2.17. The second kappa shape index (κ2) is 18.7. The Balaban J connectivity index is 1.37. The molecular formula is C33H48N6O7. The zero-order valence-corrected chi connectivity index (χ0v) is 27.0. The van der Waals surface area contributed by atoms with Crippen LogP contribution in [-0.2, 0) is 31.9 Å². The highest BCUT2D eigenvalue weighted by Gasteiger charge is 2.19. The first-order valence-corrected chi connectivity index (χ1v) is 16.0. The maximum atomic E-state index is 12.9. The van der Waals surface area contributed by atoms with E-state index in [1.807, 2.05) is 0 Å². The SMILES string of the molecule is CCCC(C)C(C)CNCCOCCOC(=O)CCC(CC(=O)O)NC(=O)c1ccc(CCc2c[nH]c3nc(N)[nH]c(=O)c23)cc1. The number of aliphatic carboxylic acids is 1. The number of carboxylic acid groups (broad SMARTS) is 1. The Kier molecular flexibility index (Phi) is 14.7. The highest BCUT2D eigenvalue weighted by molar-refractivity contribution is 5.94. The lowest BCUT2D eigenvalue weighted by atomic mass is 9.92. The van der Waals surface area contributed by atoms with Crippen LogP contribution in [0, 0.1) is 11.8 Å². The van der Waals surface area contributed by atoms with Crippen molar-refractivity contribution >= 4 is 34.8 Å². The number of carboxylic acids is 1. The van der Waals surface area contributed by atoms with Gasteiger partial charge in [0.15, 0.2) is 0 Å². The van der Waals surface area contributed by atoms with Gasteiger partial charge in [-0.3, -0.25) is 24.2 Å². The number of esters is 1. The molecule has 7 N–H and O–H groups in total. The molecule has 2 aromatic heterocycles. The summed E-state index contributed by atoms with van der Waals surface area (Å²) in [6.07, 6.45) is 5.08. The number of aromatic amines is 2. The van der Waals surface area contributed by atoms with Crippen molar-refractivity contribution in [1.82, 2.24) is 25.6 Å². The van der Waals surface area contributed by atoms with Crippen LogP contribution in [0.15, 0.2) is 35.3 Å². The third-order valence-electron chi connectivity index (χ3n) is 8.09. The molecule has 1 aromatic carbocycles. The average molecular weight is 641 g/mol. The monoisotopic (exact) mass is 640 g/mol. The lowest BCUT2D eigenvalue weighted by molar-refractivity contribution is -0.146. The number of nitrogen functional groups attached to an aromatic ring is 1. The molecule has 46 heavy (non-hydrogen) atoms. The summed E-state index contributed by atoms with van der Waals surface area (Å²) in [6, 6.07) is 6.18. The number of aromatic nitrogens is 3. The summed E-state index contributed by atoms with van der Waals surface area (Å²) in [7, 11) is 0. The molecule has 1 amide bonds. The minimum atomic E-state index is -1.08. The molecule has 0 saturated heterocycles. The summed E-state index contributed by atoms with van der Waals surface area (Å²) >= 11 is 0. The number of H-pyrrole nitrogens is 2. The van der Waals surface area contributed by atoms with Crippen molar-refractivity contribution < 1.29 is 29.0 Å². The van der Waals surface area contributed by atoms with Crippen LogP contribution in [0.2, 0.25) is 0 Å². The summed E-state index contributed by atoms with van der Waals surface area (Å²) < 4.78 is 10.7. The Morgan fingerprint density at radius 1 is 1.04 bits per heavy atom. The Labute approximate surface area is 269 Å². The van der Waals surface area contributed by atoms with Crippen molar-refractivity contribution in [2.24, 2.45) is 11.8 Å². The number of benzene rings is 1. The minimum absolute atomic E-state index is 0.0364. The van der Waals surface area contributed by atoms with Gasteiger partial charge in [0.05, 0.1) is 25.0 Å². The van der Waals surface area contributed by atoms with Crippen LogP contribution in [0.5, 0.6) is 0 Å². The second-order valence-corrected chi connectivity index (χ2v) is 11.8. The molecule has 252 valence electrons. The van der Waals surface area contributed by atoms with Crippen molar-refractivity contribution in [3.63, 3.8) is 0 Å². The molecule has 0 spiro atoms. The van der Waals surface area contributed by atoms with E-state index in [9.17, 15) is 24.3 Å². The number of nitrogens with zero attached hydrogens (tertiary/aromatic N) is 1. The van der Waals surface area contributed by atoms with Crippen molar-refractivity contribution in [2.45, 2.75) is 71.8 Å². The van der Waals surface area contributed by atoms with Crippen LogP contribution in [0.4, 0.5) is 5.95 Å². The number of hydrogen-bond donors (Lipinski definition) is 6. The number of ether oxygens (including phenoxy) is 2. The van der Waals surface area contributed by atoms with Crippen LogP contribution in [-0.4, -0.2) is 76.9 Å². The fourth-order valence-corrected chi connectivity index (χ4v) is 5.22. The molecule has 0 radical (unpaired) electrons. The van der Waals surface area contributed by atoms with E-state index in [1.54, 1.807) is 30.5 Å². The van der Waals surface area contributed by atoms with Crippen LogP contribution in [0.3, 0.4) is 0 Å². The third-order valence-corrected chi connectivity index (χ3v) is 8.09. The van der Waals surface area contributed by atoms with E-state index in [0.29, 0.717) is 47.9 Å². The fraction of sp³-hybridized carbons (Fsp3) is 0.545. The molecule has 3 rings (SSSR count). The van der Waals surface area contributed by atoms with Gasteiger partial charge >= 0.3 is 11.9 Å². The molecule has 3 unspecified atom stereocenters. The Morgan fingerprint density at radius 3 is 2.52 bits per heavy atom. The lowest BCUT2D eigenvalue weighted by Gasteiger charge is -2.19. The molecule has 3 atom stereocenters. The Bertz CT molecular complexity index is 1470. The van der Waals surface area contributed by atoms with Crippen LogP contribution in [0.25, 0.3) is 11.0 Å². The van der Waals surface area contributed by atoms with E-state index in [2.05, 4.69) is 46.4 Å². The molecule has 13 nitrogen and oxygen atoms in total. The number of anilines is 1. The standard InChI is InChI=1S/C33H48N6O7/c1-4-5-21(2)22(3)19-35-14-15-45-16-17-46-28(42)13-12-26(18-27(40)41)37-31(43)24-9-6-23(7-10-24)8-11-25-20-36-30-29(25)32(44)39-33(34)38-30/h6-7,9-10,20-22,26,35H,4-5,8,11-19H2,1-3H3,(H,37,43)(H,40,41)(H4,34,36,38,39,44). The Morgan fingerprint density at radius 2 is 1.80 bits per heavy atom. The number of nitrogens with two attached hydrogens (primary N) is 1. The smallest absolute Gasteiger partial charge is 0.305 e. The van der Waals surface area contributed by atoms with E-state index in [-0.39, 0.29) is 44.0 Å². The maximum Gasteiger partial charge on any atom is 0.305 e. The van der Waals surface area contributed by atoms with Crippen molar-refractivity contribution in [1.29, 1.82) is 0 Å². The number of aryl methyl sites for hydroxylation is 2. The molecule has 2 heterocycles. The fourth-order valence-electron chi connectivity index (χ4n) is 5.22. The van der Waals surface area contributed by atoms with Gasteiger partial charge in [0.25, 0.3) is 11.5 Å². The van der Waals surface area contributed by atoms with E-state index >= 15 is 0 Å². The maximum absolute atomic E-state index is 12.9. The summed E-state index contributed by atoms with van der Waals surface area (Å²) in [5.41, 5.74) is 7.84. The van der Waals surface area contributed by atoms with E-state index in [4.69, 9.17) is 15.2 Å². The van der Waals surface area contributed by atoms with Crippen LogP contribution >= 0.6 is 0 Å². The summed E-state index contributed by atoms with van der Waals surface area (Å²) in [5.74, 6) is -0.684. The third kappa shape index (κ3) is 11.9. The van der Waals surface area contributed by atoms with Gasteiger partial charge in [-0.2, -0.15) is 4.98 Å². The predicted molar refractivity (Wildman–Crippen MR) is 176 cm³/mol. The summed E-state index contributed by atoms with van der Waals surface area (Å²) in [5, 5.41) is 15.9. The van der Waals surface area contributed by atoms with Gasteiger partial charge in [0, 0.05) is 30.8 Å².